The molecule has 1 unspecified atom stereocenters. The average molecular weight is 309 g/mol. The Kier molecular flexibility index (Phi) is 4.60. The number of allylic oxidation sites excluding steroid dienone is 2. The second kappa shape index (κ2) is 6.82. The molecule has 3 heterocycles. The van der Waals surface area contributed by atoms with Gasteiger partial charge in [-0.05, 0) is 49.6 Å². The normalized spacial score (nSPS) is 22.2. The van der Waals surface area contributed by atoms with Crippen LogP contribution in [-0.2, 0) is 4.79 Å². The third kappa shape index (κ3) is 3.52. The lowest BCUT2D eigenvalue weighted by atomic mass is 10.0. The number of hydrogen-bond acceptors (Lipinski definition) is 3. The molecule has 1 atom stereocenters. The summed E-state index contributed by atoms with van der Waals surface area (Å²) in [6.45, 7) is 4.26. The topological polar surface area (TPSA) is 57.2 Å². The fourth-order valence-electron chi connectivity index (χ4n) is 2.94. The number of aromatic nitrogens is 1. The van der Waals surface area contributed by atoms with E-state index in [0.29, 0.717) is 0 Å². The predicted molar refractivity (Wildman–Crippen MR) is 94.1 cm³/mol. The molecule has 0 radical (unpaired) electrons. The highest BCUT2D eigenvalue weighted by atomic mass is 16.1. The van der Waals surface area contributed by atoms with E-state index in [1.54, 1.807) is 6.08 Å². The highest BCUT2D eigenvalue weighted by Gasteiger charge is 2.24. The molecular formula is C19H23N3O. The van der Waals surface area contributed by atoms with E-state index in [1.165, 1.54) is 24.8 Å². The summed E-state index contributed by atoms with van der Waals surface area (Å²) in [5, 5.41) is 3.26. The molecule has 1 aromatic heterocycles. The third-order valence-electron chi connectivity index (χ3n) is 4.26. The van der Waals surface area contributed by atoms with Gasteiger partial charge < -0.3 is 10.3 Å². The zero-order valence-corrected chi connectivity index (χ0v) is 13.7. The van der Waals surface area contributed by atoms with Gasteiger partial charge in [0.05, 0.1) is 17.1 Å². The number of hydrogen-bond donors (Lipinski definition) is 2. The van der Waals surface area contributed by atoms with Crippen LogP contribution in [0.3, 0.4) is 0 Å². The van der Waals surface area contributed by atoms with Crippen molar-refractivity contribution in [2.24, 2.45) is 4.99 Å². The van der Waals surface area contributed by atoms with Crippen molar-refractivity contribution in [2.75, 3.05) is 0 Å². The molecule has 0 saturated carbocycles. The molecular weight excluding hydrogens is 286 g/mol. The number of nitrogens with one attached hydrogen (secondary N) is 2. The molecule has 0 fully saturated rings. The van der Waals surface area contributed by atoms with E-state index < -0.39 is 0 Å². The Bertz CT molecular complexity index is 705. The van der Waals surface area contributed by atoms with E-state index in [2.05, 4.69) is 28.3 Å². The van der Waals surface area contributed by atoms with Crippen LogP contribution in [0.25, 0.3) is 5.70 Å². The predicted octanol–water partition coefficient (Wildman–Crippen LogP) is 3.76. The number of H-pyrrole nitrogens is 1. The lowest BCUT2D eigenvalue weighted by Gasteiger charge is -2.07. The van der Waals surface area contributed by atoms with Gasteiger partial charge in [-0.2, -0.15) is 0 Å². The van der Waals surface area contributed by atoms with Gasteiger partial charge in [0.15, 0.2) is 5.78 Å². The summed E-state index contributed by atoms with van der Waals surface area (Å²) in [5.74, 6) is 0.0720. The Labute approximate surface area is 137 Å². The number of carbonyl (C=O) groups is 1. The minimum Gasteiger partial charge on any atom is -0.370 e. The molecule has 1 aromatic rings. The fraction of sp³-hybridized carbons (Fsp3) is 0.368. The van der Waals surface area contributed by atoms with E-state index in [0.717, 1.165) is 29.2 Å². The molecule has 2 aliphatic rings. The van der Waals surface area contributed by atoms with Crippen molar-refractivity contribution in [3.05, 3.63) is 53.5 Å². The zero-order chi connectivity index (χ0) is 16.2. The molecule has 0 bridgehead atoms. The highest BCUT2D eigenvalue weighted by Crippen LogP contribution is 2.23. The van der Waals surface area contributed by atoms with Crippen LogP contribution >= 0.6 is 0 Å². The molecule has 4 nitrogen and oxygen atoms in total. The standard InChI is InChI=1S/C19H23N3O/c1-3-4-5-7-14-10-15(21-13(14)2)11-18-19(23)12-17(22-18)16-8-6-9-20-16/h6,8-12,18,20,22H,3-5,7H2,1-2H3/b15-11+. The molecule has 2 N–H and O–H groups in total. The summed E-state index contributed by atoms with van der Waals surface area (Å²) in [5.41, 5.74) is 5.04. The van der Waals surface area contributed by atoms with Gasteiger partial charge in [0, 0.05) is 18.0 Å². The molecule has 3 rings (SSSR count). The minimum atomic E-state index is -0.328. The van der Waals surface area contributed by atoms with Gasteiger partial charge in [-0.3, -0.25) is 9.79 Å². The average Bonchev–Trinajstić information content (AvgIpc) is 3.23. The van der Waals surface area contributed by atoms with Gasteiger partial charge in [-0.1, -0.05) is 19.8 Å². The molecule has 0 amide bonds. The maximum absolute atomic E-state index is 12.2. The first-order chi connectivity index (χ1) is 11.2. The Morgan fingerprint density at radius 1 is 1.30 bits per heavy atom. The molecule has 23 heavy (non-hydrogen) atoms. The van der Waals surface area contributed by atoms with Gasteiger partial charge in [-0.15, -0.1) is 0 Å². The van der Waals surface area contributed by atoms with E-state index >= 15 is 0 Å². The quantitative estimate of drug-likeness (QED) is 0.786. The Morgan fingerprint density at radius 2 is 2.17 bits per heavy atom. The maximum Gasteiger partial charge on any atom is 0.184 e. The van der Waals surface area contributed by atoms with Crippen LogP contribution in [0.2, 0.25) is 0 Å². The Morgan fingerprint density at radius 3 is 2.91 bits per heavy atom. The van der Waals surface area contributed by atoms with E-state index in [4.69, 9.17) is 0 Å². The Hall–Kier alpha value is -2.36. The zero-order valence-electron chi connectivity index (χ0n) is 13.7. The fourth-order valence-corrected chi connectivity index (χ4v) is 2.94. The molecule has 2 aliphatic heterocycles. The SMILES string of the molecule is CCCCCC1=C/C(=C\C2NC(c3ccc[nH]3)=CC2=O)N=C1C. The summed E-state index contributed by atoms with van der Waals surface area (Å²) in [6.07, 6.45) is 12.3. The number of unbranched alkanes of at least 4 members (excludes halogenated alkanes) is 2. The number of aliphatic imine (C=N–C) groups is 1. The summed E-state index contributed by atoms with van der Waals surface area (Å²) < 4.78 is 0. The van der Waals surface area contributed by atoms with E-state index in [-0.39, 0.29) is 11.8 Å². The lowest BCUT2D eigenvalue weighted by Crippen LogP contribution is -2.26. The first kappa shape index (κ1) is 15.5. The van der Waals surface area contributed by atoms with Crippen LogP contribution < -0.4 is 5.32 Å². The third-order valence-corrected chi connectivity index (χ3v) is 4.26. The number of ketones is 1. The second-order valence-corrected chi connectivity index (χ2v) is 6.08. The van der Waals surface area contributed by atoms with Crippen LogP contribution in [0.5, 0.6) is 0 Å². The van der Waals surface area contributed by atoms with Gasteiger partial charge in [-0.25, -0.2) is 0 Å². The van der Waals surface area contributed by atoms with E-state index in [1.807, 2.05) is 31.3 Å². The summed E-state index contributed by atoms with van der Waals surface area (Å²) in [6, 6.07) is 3.54. The number of carbonyl (C=O) groups excluding carboxylic acids is 1. The van der Waals surface area contributed by atoms with Crippen LogP contribution in [0.1, 0.15) is 45.2 Å². The second-order valence-electron chi connectivity index (χ2n) is 6.08. The van der Waals surface area contributed by atoms with Crippen molar-refractivity contribution in [3.63, 3.8) is 0 Å². The van der Waals surface area contributed by atoms with Crippen molar-refractivity contribution in [2.45, 2.75) is 45.6 Å². The number of rotatable bonds is 6. The van der Waals surface area contributed by atoms with Crippen LogP contribution in [-0.4, -0.2) is 22.5 Å². The van der Waals surface area contributed by atoms with Crippen molar-refractivity contribution >= 4 is 17.2 Å². The van der Waals surface area contributed by atoms with Crippen LogP contribution in [0, 0.1) is 0 Å². The van der Waals surface area contributed by atoms with Gasteiger partial charge in [0.25, 0.3) is 0 Å². The lowest BCUT2D eigenvalue weighted by molar-refractivity contribution is -0.114. The molecule has 0 saturated heterocycles. The van der Waals surface area contributed by atoms with Gasteiger partial charge in [0.1, 0.15) is 6.04 Å². The Balaban J connectivity index is 1.68. The summed E-state index contributed by atoms with van der Waals surface area (Å²) >= 11 is 0. The summed E-state index contributed by atoms with van der Waals surface area (Å²) in [4.78, 5) is 19.9. The van der Waals surface area contributed by atoms with Crippen molar-refractivity contribution in [1.82, 2.24) is 10.3 Å². The minimum absolute atomic E-state index is 0.0720. The molecule has 0 spiro atoms. The highest BCUT2D eigenvalue weighted by molar-refractivity contribution is 6.06. The van der Waals surface area contributed by atoms with Crippen molar-refractivity contribution < 1.29 is 4.79 Å². The molecule has 120 valence electrons. The summed E-state index contributed by atoms with van der Waals surface area (Å²) in [7, 11) is 0. The van der Waals surface area contributed by atoms with E-state index in [9.17, 15) is 4.79 Å². The van der Waals surface area contributed by atoms with Gasteiger partial charge >= 0.3 is 0 Å². The van der Waals surface area contributed by atoms with Crippen molar-refractivity contribution in [3.8, 4) is 0 Å². The first-order valence-electron chi connectivity index (χ1n) is 8.31. The molecule has 0 aliphatic carbocycles. The monoisotopic (exact) mass is 309 g/mol. The van der Waals surface area contributed by atoms with Crippen LogP contribution in [0.4, 0.5) is 0 Å². The van der Waals surface area contributed by atoms with Gasteiger partial charge in [0.2, 0.25) is 0 Å². The molecule has 4 heteroatoms. The maximum atomic E-state index is 12.2. The first-order valence-corrected chi connectivity index (χ1v) is 8.31. The largest absolute Gasteiger partial charge is 0.370 e. The van der Waals surface area contributed by atoms with Crippen LogP contribution in [0.15, 0.2) is 52.8 Å². The number of aromatic amines is 1. The molecule has 0 aromatic carbocycles. The number of nitrogens with zero attached hydrogens (tertiary/aromatic N) is 1. The van der Waals surface area contributed by atoms with Crippen molar-refractivity contribution in [1.29, 1.82) is 0 Å². The smallest absolute Gasteiger partial charge is 0.184 e.